The first kappa shape index (κ1) is 28.3. The molecule has 1 fully saturated rings. The molecule has 0 spiro atoms. The van der Waals surface area contributed by atoms with Gasteiger partial charge >= 0.3 is 0 Å². The Hall–Kier alpha value is -2.69. The number of halogens is 3. The van der Waals surface area contributed by atoms with E-state index in [4.69, 9.17) is 16.3 Å². The van der Waals surface area contributed by atoms with E-state index in [1.807, 2.05) is 14.1 Å². The molecule has 0 saturated heterocycles. The Kier molecular flexibility index (Phi) is 8.34. The van der Waals surface area contributed by atoms with Gasteiger partial charge in [0.15, 0.2) is 9.84 Å². The van der Waals surface area contributed by atoms with Crippen LogP contribution in [0.4, 0.5) is 8.78 Å². The zero-order valence-electron chi connectivity index (χ0n) is 21.7. The topological polar surface area (TPSA) is 85.3 Å². The third kappa shape index (κ3) is 6.47. The van der Waals surface area contributed by atoms with E-state index in [2.05, 4.69) is 19.9 Å². The van der Waals surface area contributed by atoms with E-state index in [0.29, 0.717) is 41.6 Å². The minimum Gasteiger partial charge on any atom is -0.473 e. The maximum absolute atomic E-state index is 14.0. The molecular formula is C27H31ClF2N4O3S. The smallest absolute Gasteiger partial charge is 0.270 e. The molecule has 0 aliphatic heterocycles. The highest BCUT2D eigenvalue weighted by Gasteiger charge is 2.36. The normalized spacial score (nSPS) is 20.5. The van der Waals surface area contributed by atoms with Crippen molar-refractivity contribution in [3.8, 4) is 5.88 Å². The van der Waals surface area contributed by atoms with Crippen molar-refractivity contribution < 1.29 is 21.9 Å². The highest BCUT2D eigenvalue weighted by atomic mass is 35.5. The van der Waals surface area contributed by atoms with Crippen molar-refractivity contribution in [3.63, 3.8) is 0 Å². The van der Waals surface area contributed by atoms with Crippen molar-refractivity contribution in [1.82, 2.24) is 19.9 Å². The Bertz CT molecular complexity index is 1380. The minimum atomic E-state index is -3.66. The molecule has 1 aromatic carbocycles. The Morgan fingerprint density at radius 3 is 2.55 bits per heavy atom. The molecule has 1 saturated carbocycles. The van der Waals surface area contributed by atoms with Crippen LogP contribution in [0.25, 0.3) is 0 Å². The second-order valence-electron chi connectivity index (χ2n) is 10.0. The van der Waals surface area contributed by atoms with Gasteiger partial charge in [0.2, 0.25) is 5.88 Å². The van der Waals surface area contributed by atoms with Crippen LogP contribution in [0.5, 0.6) is 5.88 Å². The summed E-state index contributed by atoms with van der Waals surface area (Å²) < 4.78 is 60.1. The average molecular weight is 565 g/mol. The highest BCUT2D eigenvalue weighted by molar-refractivity contribution is 7.90. The third-order valence-electron chi connectivity index (χ3n) is 6.96. The monoisotopic (exact) mass is 564 g/mol. The number of hydrogen-bond donors (Lipinski definition) is 0. The van der Waals surface area contributed by atoms with Crippen molar-refractivity contribution in [2.45, 2.75) is 67.7 Å². The summed E-state index contributed by atoms with van der Waals surface area (Å²) in [6, 6.07) is 9.06. The van der Waals surface area contributed by atoms with Crippen molar-refractivity contribution >= 4 is 21.4 Å². The summed E-state index contributed by atoms with van der Waals surface area (Å²) in [6.07, 6.45) is 4.63. The molecule has 0 unspecified atom stereocenters. The van der Waals surface area contributed by atoms with E-state index in [1.165, 1.54) is 30.7 Å². The van der Waals surface area contributed by atoms with Gasteiger partial charge in [-0.15, -0.1) is 0 Å². The number of aromatic nitrogens is 3. The second kappa shape index (κ2) is 11.2. The Labute approximate surface area is 227 Å². The first-order valence-corrected chi connectivity index (χ1v) is 14.3. The summed E-state index contributed by atoms with van der Waals surface area (Å²) >= 11 is 6.44. The summed E-state index contributed by atoms with van der Waals surface area (Å²) in [5.74, 6) is -2.86. The van der Waals surface area contributed by atoms with Crippen LogP contribution in [0.2, 0.25) is 5.02 Å². The molecule has 38 heavy (non-hydrogen) atoms. The summed E-state index contributed by atoms with van der Waals surface area (Å²) in [7, 11) is 0.238. The fraction of sp³-hybridized carbons (Fsp3) is 0.444. The number of rotatable bonds is 8. The molecule has 3 aromatic rings. The van der Waals surface area contributed by atoms with Crippen LogP contribution in [0.1, 0.15) is 54.6 Å². The molecular weight excluding hydrogens is 534 g/mol. The third-order valence-corrected chi connectivity index (χ3v) is 9.08. The van der Waals surface area contributed by atoms with Crippen LogP contribution in [-0.2, 0) is 21.5 Å². The molecule has 11 heteroatoms. The zero-order chi connectivity index (χ0) is 27.7. The standard InChI is InChI=1S/C27H31ClF2N4O3S/c1-17-25(38(35,36)15-20-11-12-31-16-32-20)9-10-26(33-17)37-24-8-5-18(13-23(24)34(3)4)21-14-19(27(2,29)30)6-7-22(21)28/h6-7,9-12,14,16,18,23-24H,5,8,13,15H2,1-4H3/t18-,23-,24-/m0/s1. The average Bonchev–Trinajstić information content (AvgIpc) is 2.84. The van der Waals surface area contributed by atoms with Crippen LogP contribution in [-0.4, -0.2) is 54.5 Å². The molecule has 0 radical (unpaired) electrons. The van der Waals surface area contributed by atoms with Gasteiger partial charge in [0.1, 0.15) is 12.4 Å². The van der Waals surface area contributed by atoms with Gasteiger partial charge in [-0.1, -0.05) is 17.7 Å². The predicted molar refractivity (Wildman–Crippen MR) is 141 cm³/mol. The summed E-state index contributed by atoms with van der Waals surface area (Å²) in [5, 5.41) is 0.482. The summed E-state index contributed by atoms with van der Waals surface area (Å²) in [6.45, 7) is 2.52. The minimum absolute atomic E-state index is 0.000982. The zero-order valence-corrected chi connectivity index (χ0v) is 23.3. The predicted octanol–water partition coefficient (Wildman–Crippen LogP) is 5.56. The molecule has 0 amide bonds. The molecule has 0 N–H and O–H groups in total. The van der Waals surface area contributed by atoms with Crippen LogP contribution >= 0.6 is 11.6 Å². The SMILES string of the molecule is Cc1nc(O[C@H]2CC[C@H](c3cc(C(C)(F)F)ccc3Cl)C[C@@H]2N(C)C)ccc1S(=O)(=O)Cc1ccncn1. The number of ether oxygens (including phenoxy) is 1. The van der Waals surface area contributed by atoms with Crippen LogP contribution < -0.4 is 4.74 Å². The van der Waals surface area contributed by atoms with Crippen molar-refractivity contribution in [2.24, 2.45) is 0 Å². The van der Waals surface area contributed by atoms with E-state index >= 15 is 0 Å². The van der Waals surface area contributed by atoms with E-state index < -0.39 is 15.8 Å². The molecule has 2 aromatic heterocycles. The van der Waals surface area contributed by atoms with Crippen LogP contribution in [0.3, 0.4) is 0 Å². The van der Waals surface area contributed by atoms with Gasteiger partial charge in [-0.3, -0.25) is 0 Å². The van der Waals surface area contributed by atoms with Crippen molar-refractivity contribution in [3.05, 3.63) is 76.5 Å². The van der Waals surface area contributed by atoms with Crippen LogP contribution in [0.15, 0.2) is 53.8 Å². The quantitative estimate of drug-likeness (QED) is 0.354. The lowest BCUT2D eigenvalue weighted by Gasteiger charge is -2.40. The fourth-order valence-corrected chi connectivity index (χ4v) is 6.72. The van der Waals surface area contributed by atoms with Crippen LogP contribution in [0, 0.1) is 6.92 Å². The molecule has 0 bridgehead atoms. The highest BCUT2D eigenvalue weighted by Crippen LogP contribution is 2.41. The molecule has 7 nitrogen and oxygen atoms in total. The van der Waals surface area contributed by atoms with Gasteiger partial charge in [0.05, 0.1) is 22.0 Å². The van der Waals surface area contributed by atoms with E-state index in [1.54, 1.807) is 25.1 Å². The first-order chi connectivity index (χ1) is 17.8. The van der Waals surface area contributed by atoms with Crippen molar-refractivity contribution in [2.75, 3.05) is 14.1 Å². The Morgan fingerprint density at radius 2 is 1.92 bits per heavy atom. The van der Waals surface area contributed by atoms with E-state index in [-0.39, 0.29) is 34.3 Å². The molecule has 1 aliphatic carbocycles. The maximum atomic E-state index is 14.0. The van der Waals surface area contributed by atoms with Gasteiger partial charge in [0, 0.05) is 35.8 Å². The van der Waals surface area contributed by atoms with E-state index in [0.717, 1.165) is 12.5 Å². The molecule has 204 valence electrons. The first-order valence-electron chi connectivity index (χ1n) is 12.3. The van der Waals surface area contributed by atoms with Gasteiger partial charge < -0.3 is 9.64 Å². The molecule has 2 heterocycles. The number of aryl methyl sites for hydroxylation is 1. The maximum Gasteiger partial charge on any atom is 0.270 e. The molecule has 1 aliphatic rings. The lowest BCUT2D eigenvalue weighted by atomic mass is 9.78. The largest absolute Gasteiger partial charge is 0.473 e. The number of nitrogens with zero attached hydrogens (tertiary/aromatic N) is 4. The lowest BCUT2D eigenvalue weighted by molar-refractivity contribution is 0.0172. The van der Waals surface area contributed by atoms with Crippen molar-refractivity contribution in [1.29, 1.82) is 0 Å². The van der Waals surface area contributed by atoms with E-state index in [9.17, 15) is 17.2 Å². The number of alkyl halides is 2. The Balaban J connectivity index is 1.50. The fourth-order valence-electron chi connectivity index (χ4n) is 4.96. The van der Waals surface area contributed by atoms with Gasteiger partial charge in [0.25, 0.3) is 5.92 Å². The second-order valence-corrected chi connectivity index (χ2v) is 12.4. The van der Waals surface area contributed by atoms with Gasteiger partial charge in [-0.2, -0.15) is 0 Å². The summed E-state index contributed by atoms with van der Waals surface area (Å²) in [4.78, 5) is 14.4. The number of sulfone groups is 1. The summed E-state index contributed by atoms with van der Waals surface area (Å²) in [5.41, 5.74) is 1.42. The lowest BCUT2D eigenvalue weighted by Crippen LogP contribution is -2.46. The molecule has 4 rings (SSSR count). The number of hydrogen-bond acceptors (Lipinski definition) is 7. The number of pyridine rings is 1. The van der Waals surface area contributed by atoms with Gasteiger partial charge in [-0.05, 0) is 76.0 Å². The Morgan fingerprint density at radius 1 is 1.16 bits per heavy atom. The van der Waals surface area contributed by atoms with Gasteiger partial charge in [-0.25, -0.2) is 32.2 Å². The number of benzene rings is 1. The number of likely N-dealkylation sites (N-methyl/N-ethyl adjacent to an activating group) is 1. The molecule has 3 atom stereocenters.